The zero-order valence-electron chi connectivity index (χ0n) is 16.6. The summed E-state index contributed by atoms with van der Waals surface area (Å²) in [5.74, 6) is -2.01. The molecule has 1 N–H and O–H groups in total. The second kappa shape index (κ2) is 7.48. The van der Waals surface area contributed by atoms with Crippen LogP contribution in [0.25, 0.3) is 10.9 Å². The Morgan fingerprint density at radius 3 is 2.40 bits per heavy atom. The van der Waals surface area contributed by atoms with Crippen molar-refractivity contribution in [3.05, 3.63) is 64.9 Å². The molecule has 9 heteroatoms. The zero-order chi connectivity index (χ0) is 21.6. The number of H-pyrrole nitrogens is 1. The molecule has 1 saturated heterocycles. The van der Waals surface area contributed by atoms with Gasteiger partial charge < -0.3 is 9.88 Å². The van der Waals surface area contributed by atoms with E-state index in [1.165, 1.54) is 0 Å². The van der Waals surface area contributed by atoms with E-state index in [1.807, 2.05) is 26.0 Å². The normalized spacial score (nSPS) is 15.7. The second-order valence-corrected chi connectivity index (χ2v) is 9.31. The summed E-state index contributed by atoms with van der Waals surface area (Å²) in [5.41, 5.74) is 3.59. The van der Waals surface area contributed by atoms with Gasteiger partial charge in [-0.3, -0.25) is 4.79 Å². The average Bonchev–Trinajstić information content (AvgIpc) is 3.02. The highest BCUT2D eigenvalue weighted by atomic mass is 32.2. The standard InChI is InChI=1S/C21H21F2N3O3S/c1-13-14(2)24-19-6-3-15(11-17(13)19)21(27)25-7-9-26(10-8-25)30(28,29)20-12-16(22)4-5-18(20)23/h3-6,11-12,24H,7-10H2,1-2H3. The number of rotatable bonds is 3. The first-order valence-electron chi connectivity index (χ1n) is 9.52. The lowest BCUT2D eigenvalue weighted by molar-refractivity contribution is 0.0698. The van der Waals surface area contributed by atoms with Gasteiger partial charge in [0.2, 0.25) is 10.0 Å². The van der Waals surface area contributed by atoms with Crippen LogP contribution in [0.2, 0.25) is 0 Å². The number of aryl methyl sites for hydroxylation is 2. The Balaban J connectivity index is 1.51. The Bertz CT molecular complexity index is 1250. The minimum Gasteiger partial charge on any atom is -0.358 e. The van der Waals surface area contributed by atoms with E-state index in [4.69, 9.17) is 0 Å². The molecule has 0 atom stereocenters. The molecule has 0 bridgehead atoms. The van der Waals surface area contributed by atoms with Crippen LogP contribution in [0.3, 0.4) is 0 Å². The largest absolute Gasteiger partial charge is 0.358 e. The van der Waals surface area contributed by atoms with E-state index in [1.54, 1.807) is 11.0 Å². The van der Waals surface area contributed by atoms with Crippen molar-refractivity contribution in [2.24, 2.45) is 0 Å². The number of benzene rings is 2. The Morgan fingerprint density at radius 1 is 1.00 bits per heavy atom. The van der Waals surface area contributed by atoms with Gasteiger partial charge in [-0.25, -0.2) is 17.2 Å². The summed E-state index contributed by atoms with van der Waals surface area (Å²) in [4.78, 5) is 17.1. The quantitative estimate of drug-likeness (QED) is 0.689. The molecule has 0 saturated carbocycles. The molecule has 0 spiro atoms. The monoisotopic (exact) mass is 433 g/mol. The van der Waals surface area contributed by atoms with E-state index in [0.717, 1.165) is 38.6 Å². The van der Waals surface area contributed by atoms with Crippen LogP contribution < -0.4 is 0 Å². The number of fused-ring (bicyclic) bond motifs is 1. The van der Waals surface area contributed by atoms with Crippen molar-refractivity contribution in [1.29, 1.82) is 0 Å². The van der Waals surface area contributed by atoms with Crippen LogP contribution in [-0.2, 0) is 10.0 Å². The molecule has 3 aromatic rings. The minimum absolute atomic E-state index is 0.00849. The molecular formula is C21H21F2N3O3S. The van der Waals surface area contributed by atoms with Crippen LogP contribution in [0.5, 0.6) is 0 Å². The summed E-state index contributed by atoms with van der Waals surface area (Å²) < 4.78 is 53.9. The van der Waals surface area contributed by atoms with E-state index in [0.29, 0.717) is 11.6 Å². The number of sulfonamides is 1. The van der Waals surface area contributed by atoms with Crippen LogP contribution in [0.1, 0.15) is 21.6 Å². The van der Waals surface area contributed by atoms with Crippen molar-refractivity contribution in [3.63, 3.8) is 0 Å². The van der Waals surface area contributed by atoms with Crippen molar-refractivity contribution in [2.45, 2.75) is 18.7 Å². The third-order valence-electron chi connectivity index (χ3n) is 5.59. The molecule has 4 rings (SSSR count). The van der Waals surface area contributed by atoms with Crippen LogP contribution >= 0.6 is 0 Å². The minimum atomic E-state index is -4.18. The van der Waals surface area contributed by atoms with E-state index < -0.39 is 26.6 Å². The molecule has 1 aromatic heterocycles. The zero-order valence-corrected chi connectivity index (χ0v) is 17.4. The van der Waals surface area contributed by atoms with Gasteiger partial charge in [0.05, 0.1) is 0 Å². The molecule has 158 valence electrons. The lowest BCUT2D eigenvalue weighted by atomic mass is 10.1. The predicted molar refractivity (Wildman–Crippen MR) is 109 cm³/mol. The fraction of sp³-hybridized carbons (Fsp3) is 0.286. The molecule has 30 heavy (non-hydrogen) atoms. The maximum absolute atomic E-state index is 14.0. The van der Waals surface area contributed by atoms with Gasteiger partial charge in [0.1, 0.15) is 16.5 Å². The molecule has 2 aromatic carbocycles. The fourth-order valence-electron chi connectivity index (χ4n) is 3.72. The van der Waals surface area contributed by atoms with Gasteiger partial charge in [0.15, 0.2) is 0 Å². The lowest BCUT2D eigenvalue weighted by Gasteiger charge is -2.34. The number of aromatic amines is 1. The third-order valence-corrected chi connectivity index (χ3v) is 7.51. The van der Waals surface area contributed by atoms with Crippen LogP contribution in [-0.4, -0.2) is 54.7 Å². The van der Waals surface area contributed by atoms with Crippen molar-refractivity contribution in [2.75, 3.05) is 26.2 Å². The topological polar surface area (TPSA) is 73.5 Å². The van der Waals surface area contributed by atoms with Crippen LogP contribution in [0.15, 0.2) is 41.3 Å². The van der Waals surface area contributed by atoms with Gasteiger partial charge in [0, 0.05) is 48.3 Å². The molecule has 1 amide bonds. The Kier molecular flexibility index (Phi) is 5.11. The van der Waals surface area contributed by atoms with Gasteiger partial charge in [-0.05, 0) is 55.8 Å². The van der Waals surface area contributed by atoms with Crippen LogP contribution in [0.4, 0.5) is 8.78 Å². The van der Waals surface area contributed by atoms with Crippen molar-refractivity contribution >= 4 is 26.8 Å². The van der Waals surface area contributed by atoms with E-state index in [9.17, 15) is 22.0 Å². The number of piperazine rings is 1. The maximum Gasteiger partial charge on any atom is 0.253 e. The van der Waals surface area contributed by atoms with Gasteiger partial charge in [0.25, 0.3) is 5.91 Å². The predicted octanol–water partition coefficient (Wildman–Crippen LogP) is 3.21. The van der Waals surface area contributed by atoms with E-state index >= 15 is 0 Å². The summed E-state index contributed by atoms with van der Waals surface area (Å²) >= 11 is 0. The summed E-state index contributed by atoms with van der Waals surface area (Å²) in [6, 6.07) is 7.78. The first-order chi connectivity index (χ1) is 14.2. The number of hydrogen-bond donors (Lipinski definition) is 1. The van der Waals surface area contributed by atoms with Gasteiger partial charge >= 0.3 is 0 Å². The van der Waals surface area contributed by atoms with Gasteiger partial charge in [-0.2, -0.15) is 4.31 Å². The molecule has 0 aliphatic carbocycles. The SMILES string of the molecule is Cc1[nH]c2ccc(C(=O)N3CCN(S(=O)(=O)c4cc(F)ccc4F)CC3)cc2c1C. The Labute approximate surface area is 173 Å². The molecule has 1 aliphatic heterocycles. The number of aromatic nitrogens is 1. The fourth-order valence-corrected chi connectivity index (χ4v) is 5.22. The summed E-state index contributed by atoms with van der Waals surface area (Å²) in [6.07, 6.45) is 0. The van der Waals surface area contributed by atoms with Gasteiger partial charge in [-0.15, -0.1) is 0 Å². The van der Waals surface area contributed by atoms with Crippen molar-refractivity contribution in [1.82, 2.24) is 14.2 Å². The smallest absolute Gasteiger partial charge is 0.253 e. The molecule has 1 aliphatic rings. The Hall–Kier alpha value is -2.78. The maximum atomic E-state index is 14.0. The van der Waals surface area contributed by atoms with Crippen LogP contribution in [0, 0.1) is 25.5 Å². The number of carbonyl (C=O) groups excluding carboxylic acids is 1. The van der Waals surface area contributed by atoms with Gasteiger partial charge in [-0.1, -0.05) is 0 Å². The second-order valence-electron chi connectivity index (χ2n) is 7.41. The van der Waals surface area contributed by atoms with Crippen molar-refractivity contribution < 1.29 is 22.0 Å². The highest BCUT2D eigenvalue weighted by Crippen LogP contribution is 2.25. The summed E-state index contributed by atoms with van der Waals surface area (Å²) in [5, 5.41) is 0.973. The highest BCUT2D eigenvalue weighted by Gasteiger charge is 2.32. The molecule has 1 fully saturated rings. The first kappa shape index (κ1) is 20.5. The molecule has 2 heterocycles. The molecule has 6 nitrogen and oxygen atoms in total. The number of halogens is 2. The summed E-state index contributed by atoms with van der Waals surface area (Å²) in [6.45, 7) is 4.30. The first-order valence-corrected chi connectivity index (χ1v) is 11.0. The number of carbonyl (C=O) groups is 1. The molecule has 0 unspecified atom stereocenters. The highest BCUT2D eigenvalue weighted by molar-refractivity contribution is 7.89. The third kappa shape index (κ3) is 3.48. The van der Waals surface area contributed by atoms with Crippen molar-refractivity contribution in [3.8, 4) is 0 Å². The molecule has 0 radical (unpaired) electrons. The lowest BCUT2D eigenvalue weighted by Crippen LogP contribution is -2.50. The molecular weight excluding hydrogens is 412 g/mol. The number of nitrogens with one attached hydrogen (secondary N) is 1. The number of amides is 1. The average molecular weight is 433 g/mol. The summed E-state index contributed by atoms with van der Waals surface area (Å²) in [7, 11) is -4.18. The Morgan fingerprint density at radius 2 is 1.70 bits per heavy atom. The number of hydrogen-bond acceptors (Lipinski definition) is 3. The van der Waals surface area contributed by atoms with E-state index in [-0.39, 0.29) is 32.1 Å². The number of nitrogens with zero attached hydrogens (tertiary/aromatic N) is 2. The van der Waals surface area contributed by atoms with E-state index in [2.05, 4.69) is 4.98 Å².